The molecule has 4 rings (SSSR count). The summed E-state index contributed by atoms with van der Waals surface area (Å²) in [5, 5.41) is 44.6. The summed E-state index contributed by atoms with van der Waals surface area (Å²) in [6, 6.07) is 2.48. The van der Waals surface area contributed by atoms with Gasteiger partial charge in [-0.05, 0) is 40.4 Å². The van der Waals surface area contributed by atoms with Crippen LogP contribution in [0.3, 0.4) is 0 Å². The molecular weight excluding hydrogens is 474 g/mol. The first kappa shape index (κ1) is 26.6. The lowest BCUT2D eigenvalue weighted by molar-refractivity contribution is -0.228. The summed E-state index contributed by atoms with van der Waals surface area (Å²) in [7, 11) is 4.81. The maximum Gasteiger partial charge on any atom is 0.308 e. The fraction of sp³-hybridized carbons (Fsp3) is 0.640. The average molecular weight is 508 g/mol. The molecule has 2 heterocycles. The van der Waals surface area contributed by atoms with Crippen molar-refractivity contribution in [2.24, 2.45) is 0 Å². The van der Waals surface area contributed by atoms with Crippen molar-refractivity contribution in [3.63, 3.8) is 0 Å². The molecule has 11 heteroatoms. The number of rotatable bonds is 4. The number of aliphatic hydroxyl groups excluding tert-OH is 1. The van der Waals surface area contributed by atoms with Gasteiger partial charge in [0.05, 0.1) is 49.6 Å². The number of aromatic hydroxyl groups is 1. The van der Waals surface area contributed by atoms with Gasteiger partial charge in [0, 0.05) is 23.6 Å². The van der Waals surface area contributed by atoms with Crippen LogP contribution in [0, 0.1) is 0 Å². The van der Waals surface area contributed by atoms with E-state index in [1.165, 1.54) is 26.2 Å². The molecule has 4 N–H and O–H groups in total. The highest BCUT2D eigenvalue weighted by molar-refractivity contribution is 6.23. The van der Waals surface area contributed by atoms with Crippen LogP contribution in [-0.4, -0.2) is 106 Å². The number of benzene rings is 1. The zero-order valence-corrected chi connectivity index (χ0v) is 20.9. The van der Waals surface area contributed by atoms with Crippen LogP contribution < -0.4 is 0 Å². The minimum absolute atomic E-state index is 0.225. The highest BCUT2D eigenvalue weighted by Crippen LogP contribution is 2.50. The smallest absolute Gasteiger partial charge is 0.308 e. The molecule has 1 aliphatic carbocycles. The Bertz CT molecular complexity index is 1090. The van der Waals surface area contributed by atoms with Crippen LogP contribution in [0.1, 0.15) is 65.5 Å². The van der Waals surface area contributed by atoms with Crippen LogP contribution in [0.2, 0.25) is 0 Å². The van der Waals surface area contributed by atoms with E-state index >= 15 is 0 Å². The summed E-state index contributed by atoms with van der Waals surface area (Å²) in [4.78, 5) is 40.8. The van der Waals surface area contributed by atoms with E-state index < -0.39 is 77.0 Å². The van der Waals surface area contributed by atoms with Crippen molar-refractivity contribution < 1.29 is 49.0 Å². The van der Waals surface area contributed by atoms with E-state index in [9.17, 15) is 34.8 Å². The van der Waals surface area contributed by atoms with E-state index in [2.05, 4.69) is 4.74 Å². The molecule has 2 saturated heterocycles. The second-order valence-electron chi connectivity index (χ2n) is 10.2. The Balaban J connectivity index is 1.76. The maximum atomic E-state index is 13.7. The third kappa shape index (κ3) is 3.77. The number of hydrogen-bond acceptors (Lipinski definition) is 11. The van der Waals surface area contributed by atoms with Crippen molar-refractivity contribution in [2.45, 2.75) is 80.9 Å². The first-order valence-corrected chi connectivity index (χ1v) is 11.9. The minimum Gasteiger partial charge on any atom is -0.507 e. The molecule has 0 saturated carbocycles. The number of fused-ring (bicyclic) bond motifs is 2. The number of aliphatic hydroxyl groups is 3. The molecular formula is C25H33NO10. The first-order chi connectivity index (χ1) is 16.8. The number of nitrogens with zero attached hydrogens (tertiary/aromatic N) is 1. The van der Waals surface area contributed by atoms with Gasteiger partial charge in [0.15, 0.2) is 17.0 Å². The Labute approximate surface area is 208 Å². The van der Waals surface area contributed by atoms with Crippen LogP contribution in [0.25, 0.3) is 0 Å². The fourth-order valence-corrected chi connectivity index (χ4v) is 5.77. The highest BCUT2D eigenvalue weighted by Gasteiger charge is 2.69. The Morgan fingerprint density at radius 1 is 1.17 bits per heavy atom. The predicted octanol–water partition coefficient (Wildman–Crippen LogP) is 0.115. The van der Waals surface area contributed by atoms with Gasteiger partial charge in [-0.25, -0.2) is 0 Å². The second-order valence-corrected chi connectivity index (χ2v) is 10.2. The van der Waals surface area contributed by atoms with Crippen molar-refractivity contribution in [1.82, 2.24) is 4.90 Å². The van der Waals surface area contributed by atoms with Gasteiger partial charge in [-0.1, -0.05) is 6.07 Å². The Hall–Kier alpha value is -2.41. The third-order valence-corrected chi connectivity index (χ3v) is 7.88. The third-order valence-electron chi connectivity index (χ3n) is 7.88. The number of carbonyl (C=O) groups is 3. The molecule has 8 atom stereocenters. The normalized spacial score (nSPS) is 38.5. The summed E-state index contributed by atoms with van der Waals surface area (Å²) in [6.45, 7) is 3.02. The van der Waals surface area contributed by atoms with E-state index in [0.29, 0.717) is 6.42 Å². The molecule has 0 aromatic heterocycles. The fourth-order valence-electron chi connectivity index (χ4n) is 5.77. The summed E-state index contributed by atoms with van der Waals surface area (Å²) in [5.41, 5.74) is -5.70. The largest absolute Gasteiger partial charge is 0.507 e. The molecule has 0 radical (unpaired) electrons. The van der Waals surface area contributed by atoms with Crippen molar-refractivity contribution in [2.75, 3.05) is 21.2 Å². The predicted molar refractivity (Wildman–Crippen MR) is 124 cm³/mol. The zero-order valence-electron chi connectivity index (χ0n) is 20.9. The van der Waals surface area contributed by atoms with E-state index in [4.69, 9.17) is 9.47 Å². The molecule has 11 nitrogen and oxygen atoms in total. The quantitative estimate of drug-likeness (QED) is 0.409. The SMILES string of the molecule is COC(=O)C[C@@H]1C[C@@]2(O)C(=O)c3ccc([C@H]4C[C@@H](N(C)C)[C@H](O)[C@@H](C)O4)c(O)c3C(=O)[C@@]2(O)[C@@H](C)O1. The summed E-state index contributed by atoms with van der Waals surface area (Å²) >= 11 is 0. The van der Waals surface area contributed by atoms with E-state index in [0.717, 1.165) is 0 Å². The van der Waals surface area contributed by atoms with Crippen molar-refractivity contribution >= 4 is 17.5 Å². The van der Waals surface area contributed by atoms with Gasteiger partial charge >= 0.3 is 5.97 Å². The Kier molecular flexibility index (Phi) is 6.78. The number of phenolic OH excluding ortho intramolecular Hbond substituents is 1. The maximum absolute atomic E-state index is 13.7. The molecule has 2 fully saturated rings. The van der Waals surface area contributed by atoms with Gasteiger partial charge in [-0.2, -0.15) is 0 Å². The molecule has 198 valence electrons. The molecule has 1 aromatic rings. The monoisotopic (exact) mass is 507 g/mol. The molecule has 1 aromatic carbocycles. The number of likely N-dealkylation sites (N-methyl/N-ethyl adjacent to an activating group) is 1. The lowest BCUT2D eigenvalue weighted by Crippen LogP contribution is -2.75. The van der Waals surface area contributed by atoms with Crippen LogP contribution >= 0.6 is 0 Å². The number of phenols is 1. The molecule has 0 bridgehead atoms. The van der Waals surface area contributed by atoms with Gasteiger partial charge in [0.25, 0.3) is 0 Å². The molecule has 3 aliphatic rings. The number of carbonyl (C=O) groups excluding carboxylic acids is 3. The molecule has 2 aliphatic heterocycles. The zero-order chi connectivity index (χ0) is 26.7. The van der Waals surface area contributed by atoms with Gasteiger partial charge in [-0.15, -0.1) is 0 Å². The summed E-state index contributed by atoms with van der Waals surface area (Å²) < 4.78 is 16.2. The second kappa shape index (κ2) is 9.16. The molecule has 0 unspecified atom stereocenters. The molecule has 36 heavy (non-hydrogen) atoms. The lowest BCUT2D eigenvalue weighted by atomic mass is 9.61. The van der Waals surface area contributed by atoms with Crippen LogP contribution in [0.4, 0.5) is 0 Å². The number of esters is 1. The van der Waals surface area contributed by atoms with Crippen molar-refractivity contribution in [1.29, 1.82) is 0 Å². The summed E-state index contributed by atoms with van der Waals surface area (Å²) in [6.07, 6.45) is -4.90. The average Bonchev–Trinajstić information content (AvgIpc) is 2.81. The number of Topliss-reactive ketones (excluding diaryl/α,β-unsaturated/α-hetero) is 2. The van der Waals surface area contributed by atoms with Crippen LogP contribution in [0.15, 0.2) is 12.1 Å². The van der Waals surface area contributed by atoms with E-state index in [1.807, 2.05) is 19.0 Å². The number of hydrogen-bond donors (Lipinski definition) is 4. The van der Waals surface area contributed by atoms with Gasteiger partial charge in [0.2, 0.25) is 5.78 Å². The van der Waals surface area contributed by atoms with Crippen molar-refractivity contribution in [3.05, 3.63) is 28.8 Å². The number of ketones is 2. The molecule has 0 amide bonds. The topological polar surface area (TPSA) is 163 Å². The molecule has 0 spiro atoms. The highest BCUT2D eigenvalue weighted by atomic mass is 16.5. The van der Waals surface area contributed by atoms with Crippen LogP contribution in [-0.2, 0) is 19.0 Å². The van der Waals surface area contributed by atoms with E-state index in [1.54, 1.807) is 6.92 Å². The van der Waals surface area contributed by atoms with E-state index in [-0.39, 0.29) is 23.6 Å². The van der Waals surface area contributed by atoms with Crippen molar-refractivity contribution in [3.8, 4) is 5.75 Å². The first-order valence-electron chi connectivity index (χ1n) is 11.9. The van der Waals surface area contributed by atoms with Gasteiger partial charge in [0.1, 0.15) is 5.75 Å². The number of methoxy groups -OCH3 is 1. The van der Waals surface area contributed by atoms with Crippen LogP contribution in [0.5, 0.6) is 5.75 Å². The lowest BCUT2D eigenvalue weighted by Gasteiger charge is -2.52. The number of ether oxygens (including phenoxy) is 3. The van der Waals surface area contributed by atoms with Gasteiger partial charge < -0.3 is 39.5 Å². The minimum atomic E-state index is -2.69. The Morgan fingerprint density at radius 2 is 1.83 bits per heavy atom. The summed E-state index contributed by atoms with van der Waals surface area (Å²) in [5.74, 6) is -3.18. The van der Waals surface area contributed by atoms with Gasteiger partial charge in [-0.3, -0.25) is 14.4 Å². The standard InChI is InChI=1S/C25H33NO10/c1-11-20(28)16(26(3)4)9-17(35-11)14-6-7-15-19(21(14)29)23(31)25(33)12(2)36-13(8-18(27)34-5)10-24(25,32)22(15)30/h6-7,11-13,16-17,20,28-29,32-33H,8-10H2,1-5H3/t11-,12-,13-,16-,17-,20-,24-,25+/m1/s1. The Morgan fingerprint density at radius 3 is 2.44 bits per heavy atom.